The van der Waals surface area contributed by atoms with E-state index in [1.807, 2.05) is 18.2 Å². The van der Waals surface area contributed by atoms with E-state index in [2.05, 4.69) is 25.6 Å². The zero-order chi connectivity index (χ0) is 21.2. The number of aromatic nitrogens is 3. The molecule has 5 rings (SSSR count). The van der Waals surface area contributed by atoms with Crippen LogP contribution in [0.5, 0.6) is 0 Å². The van der Waals surface area contributed by atoms with E-state index >= 15 is 0 Å². The van der Waals surface area contributed by atoms with Crippen LogP contribution in [0.15, 0.2) is 47.1 Å². The number of fused-ring (bicyclic) bond motifs is 2. The molecule has 0 aliphatic carbocycles. The normalized spacial score (nSPS) is 15.5. The van der Waals surface area contributed by atoms with E-state index in [1.165, 1.54) is 12.1 Å². The maximum absolute atomic E-state index is 13.3. The molecular weight excluding hydrogens is 401 g/mol. The van der Waals surface area contributed by atoms with Gasteiger partial charge in [0, 0.05) is 35.0 Å². The predicted octanol–water partition coefficient (Wildman–Crippen LogP) is 4.27. The number of halogens is 1. The summed E-state index contributed by atoms with van der Waals surface area (Å²) in [5.74, 6) is -0.0412. The van der Waals surface area contributed by atoms with Gasteiger partial charge in [0.05, 0.1) is 17.4 Å². The summed E-state index contributed by atoms with van der Waals surface area (Å²) in [4.78, 5) is 14.3. The Morgan fingerprint density at radius 1 is 1.26 bits per heavy atom. The number of anilines is 1. The highest BCUT2D eigenvalue weighted by Gasteiger charge is 2.25. The van der Waals surface area contributed by atoms with Gasteiger partial charge in [0.1, 0.15) is 12.4 Å². The number of H-pyrrole nitrogens is 1. The van der Waals surface area contributed by atoms with Gasteiger partial charge in [-0.15, -0.1) is 0 Å². The number of nitrogens with one attached hydrogen (secondary N) is 2. The van der Waals surface area contributed by atoms with Crippen LogP contribution in [0.1, 0.15) is 24.5 Å². The summed E-state index contributed by atoms with van der Waals surface area (Å²) in [6.45, 7) is 2.74. The van der Waals surface area contributed by atoms with Crippen molar-refractivity contribution >= 4 is 33.7 Å². The van der Waals surface area contributed by atoms with Crippen LogP contribution < -0.4 is 5.32 Å². The third kappa shape index (κ3) is 4.22. The molecule has 1 fully saturated rings. The number of nitrogens with zero attached hydrogens (tertiary/aromatic N) is 3. The number of hydrogen-bond acceptors (Lipinski definition) is 6. The van der Waals surface area contributed by atoms with Gasteiger partial charge in [-0.25, -0.2) is 9.18 Å². The lowest BCUT2D eigenvalue weighted by atomic mass is 9.91. The van der Waals surface area contributed by atoms with Gasteiger partial charge in [0.15, 0.2) is 5.58 Å². The maximum Gasteiger partial charge on any atom is 0.411 e. The molecule has 0 bridgehead atoms. The summed E-state index contributed by atoms with van der Waals surface area (Å²) in [6, 6.07) is 10.1. The Kier molecular flexibility index (Phi) is 5.25. The monoisotopic (exact) mass is 423 g/mol. The number of piperidine rings is 1. The van der Waals surface area contributed by atoms with E-state index in [0.29, 0.717) is 24.4 Å². The molecule has 0 radical (unpaired) electrons. The van der Waals surface area contributed by atoms with Crippen molar-refractivity contribution in [3.63, 3.8) is 0 Å². The minimum atomic E-state index is -0.477. The number of ether oxygens (including phenoxy) is 1. The Morgan fingerprint density at radius 2 is 2.13 bits per heavy atom. The van der Waals surface area contributed by atoms with Crippen molar-refractivity contribution in [2.75, 3.05) is 31.6 Å². The highest BCUT2D eigenvalue weighted by atomic mass is 19.1. The summed E-state index contributed by atoms with van der Waals surface area (Å²) in [7, 11) is 0. The van der Waals surface area contributed by atoms with Gasteiger partial charge in [-0.3, -0.25) is 15.3 Å². The highest BCUT2D eigenvalue weighted by molar-refractivity contribution is 5.89. The van der Waals surface area contributed by atoms with Crippen molar-refractivity contribution in [2.45, 2.75) is 18.8 Å². The van der Waals surface area contributed by atoms with Gasteiger partial charge in [0.2, 0.25) is 0 Å². The summed E-state index contributed by atoms with van der Waals surface area (Å²) in [6.07, 6.45) is 3.10. The molecule has 1 aliphatic heterocycles. The Balaban J connectivity index is 1.08. The molecule has 2 aromatic heterocycles. The first-order valence-corrected chi connectivity index (χ1v) is 10.3. The minimum Gasteiger partial charge on any atom is -0.448 e. The van der Waals surface area contributed by atoms with Gasteiger partial charge in [-0.2, -0.15) is 5.10 Å². The lowest BCUT2D eigenvalue weighted by molar-refractivity contribution is 0.128. The van der Waals surface area contributed by atoms with Gasteiger partial charge in [-0.1, -0.05) is 5.16 Å². The third-order valence-corrected chi connectivity index (χ3v) is 5.77. The molecule has 0 unspecified atom stereocenters. The van der Waals surface area contributed by atoms with E-state index in [9.17, 15) is 9.18 Å². The molecule has 1 saturated heterocycles. The van der Waals surface area contributed by atoms with Crippen LogP contribution >= 0.6 is 0 Å². The Bertz CT molecular complexity index is 1210. The zero-order valence-electron chi connectivity index (χ0n) is 16.8. The predicted molar refractivity (Wildman–Crippen MR) is 113 cm³/mol. The van der Waals surface area contributed by atoms with Gasteiger partial charge < -0.3 is 9.26 Å². The number of aromatic amines is 1. The van der Waals surface area contributed by atoms with Gasteiger partial charge in [0.25, 0.3) is 0 Å². The SMILES string of the molecule is O=C(Nc1ccc2cn[nH]c2c1)OCCN1CCC(c2noc3cc(F)ccc23)CC1. The van der Waals surface area contributed by atoms with Crippen LogP contribution in [-0.4, -0.2) is 52.6 Å². The lowest BCUT2D eigenvalue weighted by Gasteiger charge is -2.30. The van der Waals surface area contributed by atoms with Crippen LogP contribution in [-0.2, 0) is 4.74 Å². The van der Waals surface area contributed by atoms with Crippen LogP contribution in [0.25, 0.3) is 21.9 Å². The molecule has 4 aromatic rings. The van der Waals surface area contributed by atoms with Gasteiger partial charge in [-0.05, 0) is 56.3 Å². The average molecular weight is 423 g/mol. The molecule has 0 spiro atoms. The standard InChI is InChI=1S/C22H22FN5O3/c23-16-2-4-18-20(11-16)31-27-21(18)14-5-7-28(8-6-14)9-10-30-22(29)25-17-3-1-15-13-24-26-19(15)12-17/h1-4,11-14H,5-10H2,(H,24,26)(H,25,29). The molecule has 2 N–H and O–H groups in total. The minimum absolute atomic E-state index is 0.282. The topological polar surface area (TPSA) is 96.3 Å². The summed E-state index contributed by atoms with van der Waals surface area (Å²) in [5, 5.41) is 15.6. The average Bonchev–Trinajstić information content (AvgIpc) is 3.40. The fourth-order valence-corrected chi connectivity index (χ4v) is 4.09. The van der Waals surface area contributed by atoms with Crippen LogP contribution in [0.2, 0.25) is 0 Å². The molecular formula is C22H22FN5O3. The van der Waals surface area contributed by atoms with E-state index in [4.69, 9.17) is 9.26 Å². The number of benzene rings is 2. The van der Waals surface area contributed by atoms with E-state index in [0.717, 1.165) is 47.9 Å². The van der Waals surface area contributed by atoms with Crippen molar-refractivity contribution in [1.29, 1.82) is 0 Å². The van der Waals surface area contributed by atoms with Crippen LogP contribution in [0.4, 0.5) is 14.9 Å². The number of carbonyl (C=O) groups excluding carboxylic acids is 1. The number of carbonyl (C=O) groups is 1. The molecule has 160 valence electrons. The Labute approximate surface area is 177 Å². The quantitative estimate of drug-likeness (QED) is 0.498. The summed E-state index contributed by atoms with van der Waals surface area (Å²) >= 11 is 0. The second-order valence-corrected chi connectivity index (χ2v) is 7.76. The van der Waals surface area contributed by atoms with Crippen molar-refractivity contribution in [1.82, 2.24) is 20.3 Å². The molecule has 8 nitrogen and oxygen atoms in total. The molecule has 1 amide bonds. The first kappa shape index (κ1) is 19.5. The molecule has 31 heavy (non-hydrogen) atoms. The second kappa shape index (κ2) is 8.35. The molecule has 0 atom stereocenters. The summed E-state index contributed by atoms with van der Waals surface area (Å²) in [5.41, 5.74) is 2.90. The third-order valence-electron chi connectivity index (χ3n) is 5.77. The van der Waals surface area contributed by atoms with Crippen LogP contribution in [0.3, 0.4) is 0 Å². The van der Waals surface area contributed by atoms with Crippen LogP contribution in [0, 0.1) is 5.82 Å². The Hall–Kier alpha value is -3.46. The lowest BCUT2D eigenvalue weighted by Crippen LogP contribution is -2.36. The molecule has 0 saturated carbocycles. The highest BCUT2D eigenvalue weighted by Crippen LogP contribution is 2.32. The fourth-order valence-electron chi connectivity index (χ4n) is 4.09. The van der Waals surface area contributed by atoms with E-state index < -0.39 is 6.09 Å². The molecule has 9 heteroatoms. The number of amides is 1. The summed E-state index contributed by atoms with van der Waals surface area (Å²) < 4.78 is 24.0. The largest absolute Gasteiger partial charge is 0.448 e. The number of rotatable bonds is 5. The maximum atomic E-state index is 13.3. The van der Waals surface area contributed by atoms with E-state index in [-0.39, 0.29) is 11.7 Å². The van der Waals surface area contributed by atoms with Crippen molar-refractivity contribution in [2.24, 2.45) is 0 Å². The molecule has 1 aliphatic rings. The Morgan fingerprint density at radius 3 is 3.00 bits per heavy atom. The smallest absolute Gasteiger partial charge is 0.411 e. The van der Waals surface area contributed by atoms with Gasteiger partial charge >= 0.3 is 6.09 Å². The van der Waals surface area contributed by atoms with Crippen molar-refractivity contribution < 1.29 is 18.4 Å². The zero-order valence-corrected chi connectivity index (χ0v) is 16.8. The fraction of sp³-hybridized carbons (Fsp3) is 0.318. The first-order chi connectivity index (χ1) is 15.2. The number of likely N-dealkylation sites (tertiary alicyclic amines) is 1. The molecule has 3 heterocycles. The van der Waals surface area contributed by atoms with Crippen molar-refractivity contribution in [3.8, 4) is 0 Å². The first-order valence-electron chi connectivity index (χ1n) is 10.3. The number of hydrogen-bond donors (Lipinski definition) is 2. The van der Waals surface area contributed by atoms with Crippen molar-refractivity contribution in [3.05, 3.63) is 54.1 Å². The van der Waals surface area contributed by atoms with E-state index in [1.54, 1.807) is 12.3 Å². The second-order valence-electron chi connectivity index (χ2n) is 7.76. The molecule has 2 aromatic carbocycles.